The first-order valence-corrected chi connectivity index (χ1v) is 8.38. The van der Waals surface area contributed by atoms with Gasteiger partial charge in [-0.25, -0.2) is 4.79 Å². The van der Waals surface area contributed by atoms with Crippen LogP contribution in [-0.2, 0) is 10.3 Å². The van der Waals surface area contributed by atoms with E-state index in [1.165, 1.54) is 13.5 Å². The topological polar surface area (TPSA) is 41.6 Å². The number of halogens is 1. The lowest BCUT2D eigenvalue weighted by Crippen LogP contribution is -2.56. The highest BCUT2D eigenvalue weighted by Gasteiger charge is 2.47. The highest BCUT2D eigenvalue weighted by Crippen LogP contribution is 2.47. The second-order valence-corrected chi connectivity index (χ2v) is 6.71. The van der Waals surface area contributed by atoms with Gasteiger partial charge in [0.25, 0.3) is 0 Å². The van der Waals surface area contributed by atoms with E-state index in [1.54, 1.807) is 0 Å². The van der Waals surface area contributed by atoms with Crippen LogP contribution in [0.5, 0.6) is 0 Å². The van der Waals surface area contributed by atoms with Crippen LogP contribution in [0, 0.1) is 0 Å². The van der Waals surface area contributed by atoms with Crippen molar-refractivity contribution in [2.75, 3.05) is 20.2 Å². The summed E-state index contributed by atoms with van der Waals surface area (Å²) in [5.41, 5.74) is 0.858. The predicted octanol–water partition coefficient (Wildman–Crippen LogP) is 3.54. The minimum absolute atomic E-state index is 0.242. The average molecular weight is 323 g/mol. The molecule has 120 valence electrons. The van der Waals surface area contributed by atoms with Crippen molar-refractivity contribution in [3.63, 3.8) is 0 Å². The van der Waals surface area contributed by atoms with Gasteiger partial charge >= 0.3 is 6.09 Å². The molecule has 1 aromatic carbocycles. The third-order valence-corrected chi connectivity index (χ3v) is 5.25. The Balaban J connectivity index is 1.90. The number of hydrogen-bond acceptors (Lipinski definition) is 3. The summed E-state index contributed by atoms with van der Waals surface area (Å²) in [6.45, 7) is 1.73. The zero-order valence-electron chi connectivity index (χ0n) is 13.0. The lowest BCUT2D eigenvalue weighted by Gasteiger charge is -2.50. The van der Waals surface area contributed by atoms with E-state index in [0.717, 1.165) is 37.8 Å². The van der Waals surface area contributed by atoms with Gasteiger partial charge in [0.1, 0.15) is 0 Å². The lowest BCUT2D eigenvalue weighted by atomic mass is 9.70. The van der Waals surface area contributed by atoms with Crippen molar-refractivity contribution >= 4 is 17.7 Å². The number of rotatable bonds is 4. The molecule has 1 N–H and O–H groups in total. The molecule has 0 spiro atoms. The van der Waals surface area contributed by atoms with Crippen LogP contribution < -0.4 is 5.32 Å². The number of nitrogens with one attached hydrogen (secondary N) is 1. The van der Waals surface area contributed by atoms with Crippen molar-refractivity contribution in [1.82, 2.24) is 10.2 Å². The normalized spacial score (nSPS) is 22.9. The maximum absolute atomic E-state index is 12.4. The van der Waals surface area contributed by atoms with E-state index < -0.39 is 0 Å². The Morgan fingerprint density at radius 2 is 2.27 bits per heavy atom. The number of carbonyl (C=O) groups excluding carboxylic acids is 1. The fraction of sp³-hybridized carbons (Fsp3) is 0.588. The number of nitrogens with zero attached hydrogens (tertiary/aromatic N) is 1. The van der Waals surface area contributed by atoms with Crippen LogP contribution in [0.4, 0.5) is 4.79 Å². The Morgan fingerprint density at radius 1 is 1.45 bits per heavy atom. The van der Waals surface area contributed by atoms with E-state index >= 15 is 0 Å². The molecule has 1 aromatic rings. The number of hydrogen-bond donors (Lipinski definition) is 1. The van der Waals surface area contributed by atoms with Crippen LogP contribution in [0.3, 0.4) is 0 Å². The lowest BCUT2D eigenvalue weighted by molar-refractivity contribution is 0.00734. The Hall–Kier alpha value is -1.26. The summed E-state index contributed by atoms with van der Waals surface area (Å²) in [5.74, 6) is 0. The largest absolute Gasteiger partial charge is 0.453 e. The number of methoxy groups -OCH3 is 1. The smallest absolute Gasteiger partial charge is 0.410 e. The fourth-order valence-corrected chi connectivity index (χ4v) is 3.86. The van der Waals surface area contributed by atoms with E-state index in [4.69, 9.17) is 16.3 Å². The Bertz CT molecular complexity index is 539. The molecule has 0 unspecified atom stereocenters. The average Bonchev–Trinajstić information content (AvgIpc) is 2.97. The standard InChI is InChI=1S/C17H23ClN2O2/c1-22-16(21)20(12-15-7-3-10-19-15)17(8-4-9-17)13-5-2-6-14(18)11-13/h2,5-6,11,15,19H,3-4,7-10,12H2,1H3/t15-/m1/s1. The van der Waals surface area contributed by atoms with Crippen molar-refractivity contribution in [1.29, 1.82) is 0 Å². The molecule has 1 aliphatic heterocycles. The molecule has 1 amide bonds. The minimum atomic E-state index is -0.262. The van der Waals surface area contributed by atoms with E-state index in [1.807, 2.05) is 23.1 Å². The Labute approximate surface area is 136 Å². The van der Waals surface area contributed by atoms with Crippen molar-refractivity contribution in [2.24, 2.45) is 0 Å². The molecule has 4 nitrogen and oxygen atoms in total. The van der Waals surface area contributed by atoms with Crippen LogP contribution in [0.1, 0.15) is 37.7 Å². The molecule has 1 aliphatic carbocycles. The Morgan fingerprint density at radius 3 is 2.82 bits per heavy atom. The minimum Gasteiger partial charge on any atom is -0.453 e. The zero-order chi connectivity index (χ0) is 15.6. The van der Waals surface area contributed by atoms with Crippen LogP contribution in [0.25, 0.3) is 0 Å². The summed E-state index contributed by atoms with van der Waals surface area (Å²) in [6, 6.07) is 8.25. The quantitative estimate of drug-likeness (QED) is 0.922. The summed E-state index contributed by atoms with van der Waals surface area (Å²) in [4.78, 5) is 14.4. The van der Waals surface area contributed by atoms with Gasteiger partial charge in [0.15, 0.2) is 0 Å². The summed E-state index contributed by atoms with van der Waals surface area (Å²) >= 11 is 6.17. The van der Waals surface area contributed by atoms with Gasteiger partial charge in [0.2, 0.25) is 0 Å². The van der Waals surface area contributed by atoms with E-state index in [9.17, 15) is 4.79 Å². The maximum atomic E-state index is 12.4. The molecule has 1 atom stereocenters. The number of amides is 1. The molecule has 2 fully saturated rings. The number of benzene rings is 1. The molecule has 1 heterocycles. The summed E-state index contributed by atoms with van der Waals surface area (Å²) < 4.78 is 5.08. The van der Waals surface area contributed by atoms with E-state index in [-0.39, 0.29) is 11.6 Å². The third kappa shape index (κ3) is 2.82. The number of ether oxygens (including phenoxy) is 1. The summed E-state index contributed by atoms with van der Waals surface area (Å²) in [5, 5.41) is 4.19. The van der Waals surface area contributed by atoms with Gasteiger partial charge in [-0.3, -0.25) is 4.90 Å². The SMILES string of the molecule is COC(=O)N(C[C@H]1CCCN1)C1(c2cccc(Cl)c2)CCC1. The highest BCUT2D eigenvalue weighted by molar-refractivity contribution is 6.30. The zero-order valence-corrected chi connectivity index (χ0v) is 13.7. The van der Waals surface area contributed by atoms with Crippen molar-refractivity contribution in [2.45, 2.75) is 43.7 Å². The molecule has 1 saturated carbocycles. The predicted molar refractivity (Wildman–Crippen MR) is 87.1 cm³/mol. The first-order chi connectivity index (χ1) is 10.7. The van der Waals surface area contributed by atoms with Crippen LogP contribution in [-0.4, -0.2) is 37.2 Å². The number of carbonyl (C=O) groups is 1. The maximum Gasteiger partial charge on any atom is 0.410 e. The third-order valence-electron chi connectivity index (χ3n) is 5.02. The second kappa shape index (κ2) is 6.47. The van der Waals surface area contributed by atoms with Crippen LogP contribution in [0.15, 0.2) is 24.3 Å². The van der Waals surface area contributed by atoms with Crippen LogP contribution in [0.2, 0.25) is 5.02 Å². The van der Waals surface area contributed by atoms with Crippen LogP contribution >= 0.6 is 11.6 Å². The first-order valence-electron chi connectivity index (χ1n) is 8.01. The second-order valence-electron chi connectivity index (χ2n) is 6.27. The Kier molecular flexibility index (Phi) is 4.59. The van der Waals surface area contributed by atoms with Gasteiger partial charge in [-0.05, 0) is 56.3 Å². The van der Waals surface area contributed by atoms with Gasteiger partial charge in [0, 0.05) is 17.6 Å². The monoisotopic (exact) mass is 322 g/mol. The summed E-state index contributed by atoms with van der Waals surface area (Å²) in [6.07, 6.45) is 5.10. The van der Waals surface area contributed by atoms with E-state index in [0.29, 0.717) is 17.6 Å². The van der Waals surface area contributed by atoms with Gasteiger partial charge < -0.3 is 10.1 Å². The van der Waals surface area contributed by atoms with Crippen molar-refractivity contribution < 1.29 is 9.53 Å². The van der Waals surface area contributed by atoms with Crippen molar-refractivity contribution in [3.05, 3.63) is 34.9 Å². The molecule has 1 saturated heterocycles. The first kappa shape index (κ1) is 15.6. The molecule has 3 rings (SSSR count). The molecule has 5 heteroatoms. The van der Waals surface area contributed by atoms with Crippen molar-refractivity contribution in [3.8, 4) is 0 Å². The van der Waals surface area contributed by atoms with Gasteiger partial charge in [-0.1, -0.05) is 23.7 Å². The van der Waals surface area contributed by atoms with Gasteiger partial charge in [-0.2, -0.15) is 0 Å². The summed E-state index contributed by atoms with van der Waals surface area (Å²) in [7, 11) is 1.46. The highest BCUT2D eigenvalue weighted by atomic mass is 35.5. The molecular formula is C17H23ClN2O2. The molecule has 0 radical (unpaired) electrons. The molecular weight excluding hydrogens is 300 g/mol. The van der Waals surface area contributed by atoms with E-state index in [2.05, 4.69) is 11.4 Å². The fourth-order valence-electron chi connectivity index (χ4n) is 3.67. The molecule has 22 heavy (non-hydrogen) atoms. The molecule has 0 aromatic heterocycles. The molecule has 0 bridgehead atoms. The van der Waals surface area contributed by atoms with Gasteiger partial charge in [-0.15, -0.1) is 0 Å². The molecule has 2 aliphatic rings. The van der Waals surface area contributed by atoms with Gasteiger partial charge in [0.05, 0.1) is 12.6 Å².